The molecule has 0 amide bonds. The van der Waals surface area contributed by atoms with Crippen molar-refractivity contribution in [2.75, 3.05) is 27.2 Å². The Bertz CT molecular complexity index is 380. The monoisotopic (exact) mass is 256 g/mol. The maximum Gasteiger partial charge on any atom is 0.251 e. The van der Waals surface area contributed by atoms with Crippen molar-refractivity contribution in [1.82, 2.24) is 10.2 Å². The largest absolute Gasteiger partial charge is 0.312 e. The Morgan fingerprint density at radius 1 is 1.22 bits per heavy atom. The molecule has 0 aliphatic heterocycles. The van der Waals surface area contributed by atoms with E-state index in [0.29, 0.717) is 6.54 Å². The van der Waals surface area contributed by atoms with Gasteiger partial charge >= 0.3 is 0 Å². The Labute approximate surface area is 108 Å². The van der Waals surface area contributed by atoms with Crippen molar-refractivity contribution in [1.29, 1.82) is 0 Å². The van der Waals surface area contributed by atoms with Crippen LogP contribution in [0.15, 0.2) is 18.2 Å². The molecule has 0 bridgehead atoms. The first kappa shape index (κ1) is 15.1. The normalized spacial score (nSPS) is 13.3. The van der Waals surface area contributed by atoms with Gasteiger partial charge in [-0.2, -0.15) is 0 Å². The number of nitrogens with one attached hydrogen (secondary N) is 1. The highest BCUT2D eigenvalue weighted by molar-refractivity contribution is 5.33. The summed E-state index contributed by atoms with van der Waals surface area (Å²) in [6.45, 7) is 4.49. The molecule has 18 heavy (non-hydrogen) atoms. The molecule has 1 atom stereocenters. The molecular formula is C14H22F2N2. The number of aryl methyl sites for hydroxylation is 2. The molecule has 0 fully saturated rings. The van der Waals surface area contributed by atoms with Crippen molar-refractivity contribution in [2.45, 2.75) is 26.3 Å². The number of rotatable bonds is 6. The van der Waals surface area contributed by atoms with Crippen LogP contribution in [0, 0.1) is 13.8 Å². The van der Waals surface area contributed by atoms with Gasteiger partial charge in [-0.1, -0.05) is 23.8 Å². The predicted molar refractivity (Wildman–Crippen MR) is 71.2 cm³/mol. The number of benzene rings is 1. The highest BCUT2D eigenvalue weighted by atomic mass is 19.3. The minimum atomic E-state index is -2.29. The summed E-state index contributed by atoms with van der Waals surface area (Å²) in [4.78, 5) is 1.66. The van der Waals surface area contributed by atoms with Crippen LogP contribution < -0.4 is 5.32 Å². The second-order valence-electron chi connectivity index (χ2n) is 4.81. The van der Waals surface area contributed by atoms with E-state index in [9.17, 15) is 8.78 Å². The molecule has 0 saturated heterocycles. The molecule has 1 aromatic carbocycles. The fraction of sp³-hybridized carbons (Fsp3) is 0.571. The summed E-state index contributed by atoms with van der Waals surface area (Å²) < 4.78 is 24.6. The molecule has 1 rings (SSSR count). The van der Waals surface area contributed by atoms with Crippen LogP contribution in [0.25, 0.3) is 0 Å². The van der Waals surface area contributed by atoms with Gasteiger partial charge in [-0.05, 0) is 39.1 Å². The quantitative estimate of drug-likeness (QED) is 0.842. The van der Waals surface area contributed by atoms with Gasteiger partial charge in [-0.3, -0.25) is 4.90 Å². The summed E-state index contributed by atoms with van der Waals surface area (Å²) >= 11 is 0. The van der Waals surface area contributed by atoms with Crippen LogP contribution in [-0.4, -0.2) is 38.5 Å². The van der Waals surface area contributed by atoms with Gasteiger partial charge in [0.05, 0.1) is 6.54 Å². The Morgan fingerprint density at radius 3 is 2.39 bits per heavy atom. The SMILES string of the molecule is CNC(CN(C)CC(F)F)c1ccc(C)cc1C. The van der Waals surface area contributed by atoms with E-state index in [0.717, 1.165) is 0 Å². The molecule has 102 valence electrons. The average molecular weight is 256 g/mol. The third kappa shape index (κ3) is 4.35. The van der Waals surface area contributed by atoms with Gasteiger partial charge in [0, 0.05) is 12.6 Å². The fourth-order valence-corrected chi connectivity index (χ4v) is 2.18. The molecule has 0 aromatic heterocycles. The minimum absolute atomic E-state index is 0.0781. The highest BCUT2D eigenvalue weighted by Crippen LogP contribution is 2.19. The lowest BCUT2D eigenvalue weighted by Crippen LogP contribution is -2.34. The standard InChI is InChI=1S/C14H22F2N2/c1-10-5-6-12(11(2)7-10)13(17-3)8-18(4)9-14(15)16/h5-7,13-14,17H,8-9H2,1-4H3. The van der Waals surface area contributed by atoms with Gasteiger partial charge in [0.1, 0.15) is 0 Å². The average Bonchev–Trinajstić information content (AvgIpc) is 2.25. The van der Waals surface area contributed by atoms with Crippen LogP contribution in [0.4, 0.5) is 8.78 Å². The van der Waals surface area contributed by atoms with Crippen LogP contribution in [0.3, 0.4) is 0 Å². The molecule has 0 aliphatic carbocycles. The van der Waals surface area contributed by atoms with E-state index in [2.05, 4.69) is 30.4 Å². The van der Waals surface area contributed by atoms with Crippen molar-refractivity contribution in [2.24, 2.45) is 0 Å². The maximum absolute atomic E-state index is 12.3. The van der Waals surface area contributed by atoms with E-state index in [1.165, 1.54) is 16.7 Å². The molecule has 0 saturated carbocycles. The lowest BCUT2D eigenvalue weighted by molar-refractivity contribution is 0.0963. The van der Waals surface area contributed by atoms with Gasteiger partial charge in [0.2, 0.25) is 0 Å². The highest BCUT2D eigenvalue weighted by Gasteiger charge is 2.16. The third-order valence-corrected chi connectivity index (χ3v) is 3.09. The van der Waals surface area contributed by atoms with Crippen molar-refractivity contribution in [3.8, 4) is 0 Å². The summed E-state index contributed by atoms with van der Waals surface area (Å²) in [5.74, 6) is 0. The van der Waals surface area contributed by atoms with Crippen LogP contribution in [0.2, 0.25) is 0 Å². The van der Waals surface area contributed by atoms with Crippen LogP contribution in [-0.2, 0) is 0 Å². The molecule has 0 radical (unpaired) electrons. The second kappa shape index (κ2) is 6.81. The van der Waals surface area contributed by atoms with E-state index < -0.39 is 6.43 Å². The Kier molecular flexibility index (Phi) is 5.69. The van der Waals surface area contributed by atoms with Gasteiger partial charge < -0.3 is 5.32 Å². The molecular weight excluding hydrogens is 234 g/mol. The Balaban J connectivity index is 2.76. The summed E-state index contributed by atoms with van der Waals surface area (Å²) in [6.07, 6.45) is -2.29. The van der Waals surface area contributed by atoms with Crippen LogP contribution >= 0.6 is 0 Å². The van der Waals surface area contributed by atoms with E-state index in [1.54, 1.807) is 11.9 Å². The van der Waals surface area contributed by atoms with E-state index in [4.69, 9.17) is 0 Å². The number of likely N-dealkylation sites (N-methyl/N-ethyl adjacent to an activating group) is 2. The van der Waals surface area contributed by atoms with Gasteiger partial charge in [-0.15, -0.1) is 0 Å². The summed E-state index contributed by atoms with van der Waals surface area (Å²) in [5.41, 5.74) is 3.58. The molecule has 2 nitrogen and oxygen atoms in total. The van der Waals surface area contributed by atoms with E-state index >= 15 is 0 Å². The molecule has 0 heterocycles. The van der Waals surface area contributed by atoms with Gasteiger partial charge in [-0.25, -0.2) is 8.78 Å². The van der Waals surface area contributed by atoms with Crippen molar-refractivity contribution in [3.05, 3.63) is 34.9 Å². The van der Waals surface area contributed by atoms with E-state index in [-0.39, 0.29) is 12.6 Å². The first-order chi connectivity index (χ1) is 8.43. The molecule has 1 aromatic rings. The number of hydrogen-bond donors (Lipinski definition) is 1. The summed E-state index contributed by atoms with van der Waals surface area (Å²) in [7, 11) is 3.58. The third-order valence-electron chi connectivity index (χ3n) is 3.09. The molecule has 1 unspecified atom stereocenters. The van der Waals surface area contributed by atoms with Crippen molar-refractivity contribution >= 4 is 0 Å². The minimum Gasteiger partial charge on any atom is -0.312 e. The molecule has 4 heteroatoms. The second-order valence-corrected chi connectivity index (χ2v) is 4.81. The van der Waals surface area contributed by atoms with Gasteiger partial charge in [0.25, 0.3) is 6.43 Å². The Hall–Kier alpha value is -1.00. The predicted octanol–water partition coefficient (Wildman–Crippen LogP) is 2.76. The first-order valence-corrected chi connectivity index (χ1v) is 6.15. The number of alkyl halides is 2. The van der Waals surface area contributed by atoms with Crippen molar-refractivity contribution < 1.29 is 8.78 Å². The van der Waals surface area contributed by atoms with Crippen LogP contribution in [0.5, 0.6) is 0 Å². The molecule has 0 aliphatic rings. The summed E-state index contributed by atoms with van der Waals surface area (Å²) in [5, 5.41) is 3.20. The molecule has 1 N–H and O–H groups in total. The molecule has 0 spiro atoms. The van der Waals surface area contributed by atoms with Crippen LogP contribution in [0.1, 0.15) is 22.7 Å². The van der Waals surface area contributed by atoms with Crippen molar-refractivity contribution in [3.63, 3.8) is 0 Å². The maximum atomic E-state index is 12.3. The topological polar surface area (TPSA) is 15.3 Å². The lowest BCUT2D eigenvalue weighted by Gasteiger charge is -2.25. The summed E-state index contributed by atoms with van der Waals surface area (Å²) in [6, 6.07) is 6.32. The zero-order chi connectivity index (χ0) is 13.7. The zero-order valence-electron chi connectivity index (χ0n) is 11.5. The van der Waals surface area contributed by atoms with Gasteiger partial charge in [0.15, 0.2) is 0 Å². The fourth-order valence-electron chi connectivity index (χ4n) is 2.18. The first-order valence-electron chi connectivity index (χ1n) is 6.15. The lowest BCUT2D eigenvalue weighted by atomic mass is 9.99. The number of nitrogens with zero attached hydrogens (tertiary/aromatic N) is 1. The Morgan fingerprint density at radius 2 is 1.89 bits per heavy atom. The van der Waals surface area contributed by atoms with E-state index in [1.807, 2.05) is 14.0 Å². The number of halogens is 2. The zero-order valence-corrected chi connectivity index (χ0v) is 11.5. The smallest absolute Gasteiger partial charge is 0.251 e. The number of hydrogen-bond acceptors (Lipinski definition) is 2.